The van der Waals surface area contributed by atoms with Crippen LogP contribution in [-0.2, 0) is 0 Å². The molecule has 1 nitrogen and oxygen atoms in total. The Morgan fingerprint density at radius 1 is 1.21 bits per heavy atom. The summed E-state index contributed by atoms with van der Waals surface area (Å²) < 4.78 is 30.7. The van der Waals surface area contributed by atoms with Gasteiger partial charge in [-0.3, -0.25) is 0 Å². The second-order valence-electron chi connectivity index (χ2n) is 3.28. The molecule has 0 saturated carbocycles. The fraction of sp³-hybridized carbons (Fsp3) is 0.400. The molecule has 0 aromatic heterocycles. The predicted octanol–water partition coefficient (Wildman–Crippen LogP) is 3.90. The molecule has 0 atom stereocenters. The molecule has 0 radical (unpaired) electrons. The van der Waals surface area contributed by atoms with E-state index in [1.165, 1.54) is 0 Å². The van der Waals surface area contributed by atoms with E-state index in [0.717, 1.165) is 21.6 Å². The molecule has 0 aliphatic heterocycles. The van der Waals surface area contributed by atoms with Gasteiger partial charge in [0.15, 0.2) is 0 Å². The van der Waals surface area contributed by atoms with Gasteiger partial charge in [-0.05, 0) is 59.7 Å². The van der Waals surface area contributed by atoms with E-state index in [1.807, 2.05) is 13.8 Å². The Bertz CT molecular complexity index is 321. The summed E-state index contributed by atoms with van der Waals surface area (Å²) >= 11 is 2.18. The summed E-state index contributed by atoms with van der Waals surface area (Å²) in [6, 6.07) is 3.23. The van der Waals surface area contributed by atoms with Crippen LogP contribution in [0.2, 0.25) is 0 Å². The fourth-order valence-electron chi connectivity index (χ4n) is 1.17. The summed E-state index contributed by atoms with van der Waals surface area (Å²) in [6.45, 7) is 4.47. The lowest BCUT2D eigenvalue weighted by Gasteiger charge is -2.14. The Balaban J connectivity index is 3.02. The lowest BCUT2D eigenvalue weighted by molar-refractivity contribution is -0.159. The van der Waals surface area contributed by atoms with Crippen molar-refractivity contribution in [3.63, 3.8) is 0 Å². The second kappa shape index (κ2) is 4.00. The van der Waals surface area contributed by atoms with E-state index < -0.39 is 6.11 Å². The largest absolute Gasteiger partial charge is 0.433 e. The molecule has 0 spiro atoms. The number of hydrogen-bond acceptors (Lipinski definition) is 1. The van der Waals surface area contributed by atoms with Gasteiger partial charge in [0.1, 0.15) is 5.75 Å². The summed E-state index contributed by atoms with van der Waals surface area (Å²) in [5.74, 6) is 0.216. The molecule has 0 unspecified atom stereocenters. The quantitative estimate of drug-likeness (QED) is 0.753. The molecule has 0 saturated heterocycles. The van der Waals surface area contributed by atoms with Gasteiger partial charge >= 0.3 is 6.11 Å². The smallest absolute Gasteiger partial charge is 0.394 e. The number of aryl methyl sites for hydroxylation is 2. The van der Waals surface area contributed by atoms with Gasteiger partial charge in [0.25, 0.3) is 0 Å². The number of rotatable bonds is 2. The van der Waals surface area contributed by atoms with Crippen LogP contribution in [0.1, 0.15) is 18.1 Å². The van der Waals surface area contributed by atoms with Crippen LogP contribution >= 0.6 is 22.6 Å². The molecule has 1 aromatic carbocycles. The second-order valence-corrected chi connectivity index (χ2v) is 4.36. The maximum atomic E-state index is 12.5. The van der Waals surface area contributed by atoms with Gasteiger partial charge in [0.05, 0.1) is 0 Å². The van der Waals surface area contributed by atoms with E-state index in [9.17, 15) is 8.78 Å². The first-order chi connectivity index (χ1) is 6.29. The molecular weight excluding hydrogens is 301 g/mol. The third kappa shape index (κ3) is 3.08. The van der Waals surface area contributed by atoms with E-state index >= 15 is 0 Å². The summed E-state index contributed by atoms with van der Waals surface area (Å²) in [5, 5.41) is 0. The van der Waals surface area contributed by atoms with Crippen molar-refractivity contribution in [1.29, 1.82) is 0 Å². The lowest BCUT2D eigenvalue weighted by Crippen LogP contribution is -2.19. The van der Waals surface area contributed by atoms with Crippen LogP contribution in [0, 0.1) is 17.4 Å². The lowest BCUT2D eigenvalue weighted by atomic mass is 10.1. The Morgan fingerprint density at radius 3 is 2.00 bits per heavy atom. The average molecular weight is 312 g/mol. The van der Waals surface area contributed by atoms with E-state index in [-0.39, 0.29) is 5.75 Å². The average Bonchev–Trinajstić information content (AvgIpc) is 1.96. The van der Waals surface area contributed by atoms with Crippen LogP contribution in [0.15, 0.2) is 12.1 Å². The summed E-state index contributed by atoms with van der Waals surface area (Å²) in [6.07, 6.45) is -3.12. The van der Waals surface area contributed by atoms with Crippen LogP contribution in [0.3, 0.4) is 0 Å². The molecule has 0 N–H and O–H groups in total. The number of benzene rings is 1. The molecule has 1 rings (SSSR count). The van der Waals surface area contributed by atoms with Crippen molar-refractivity contribution < 1.29 is 13.5 Å². The van der Waals surface area contributed by atoms with Crippen molar-refractivity contribution in [1.82, 2.24) is 0 Å². The zero-order valence-electron chi connectivity index (χ0n) is 8.20. The predicted molar refractivity (Wildman–Crippen MR) is 59.9 cm³/mol. The standard InChI is InChI=1S/C10H11F2IO/c1-6-4-8(14-10(3,11)12)5-7(2)9(6)13/h4-5H,1-3H3. The normalized spacial score (nSPS) is 11.6. The number of hydrogen-bond donors (Lipinski definition) is 0. The SMILES string of the molecule is Cc1cc(OC(C)(F)F)cc(C)c1I. The Kier molecular flexibility index (Phi) is 3.34. The molecule has 0 aliphatic carbocycles. The van der Waals surface area contributed by atoms with Crippen LogP contribution in [0.4, 0.5) is 8.78 Å². The maximum absolute atomic E-state index is 12.5. The molecule has 1 aromatic rings. The van der Waals surface area contributed by atoms with Crippen molar-refractivity contribution in [2.75, 3.05) is 0 Å². The van der Waals surface area contributed by atoms with Gasteiger partial charge in [0, 0.05) is 10.5 Å². The van der Waals surface area contributed by atoms with E-state index in [0.29, 0.717) is 0 Å². The Morgan fingerprint density at radius 2 is 1.64 bits per heavy atom. The highest BCUT2D eigenvalue weighted by Gasteiger charge is 2.23. The van der Waals surface area contributed by atoms with Crippen molar-refractivity contribution >= 4 is 22.6 Å². The minimum absolute atomic E-state index is 0.216. The van der Waals surface area contributed by atoms with Crippen molar-refractivity contribution in [2.24, 2.45) is 0 Å². The molecule has 0 aliphatic rings. The highest BCUT2D eigenvalue weighted by atomic mass is 127. The highest BCUT2D eigenvalue weighted by Crippen LogP contribution is 2.26. The molecule has 78 valence electrons. The maximum Gasteiger partial charge on any atom is 0.394 e. The third-order valence-electron chi connectivity index (χ3n) is 1.71. The van der Waals surface area contributed by atoms with Gasteiger partial charge in [-0.25, -0.2) is 0 Å². The molecule has 0 heterocycles. The zero-order chi connectivity index (χ0) is 10.9. The summed E-state index contributed by atoms with van der Waals surface area (Å²) in [7, 11) is 0. The molecule has 0 fully saturated rings. The summed E-state index contributed by atoms with van der Waals surface area (Å²) in [5.41, 5.74) is 1.90. The minimum Gasteiger partial charge on any atom is -0.433 e. The van der Waals surface area contributed by atoms with Crippen molar-refractivity contribution in [2.45, 2.75) is 26.9 Å². The number of halogens is 3. The van der Waals surface area contributed by atoms with E-state index in [4.69, 9.17) is 0 Å². The monoisotopic (exact) mass is 312 g/mol. The molecule has 0 amide bonds. The first-order valence-corrected chi connectivity index (χ1v) is 5.21. The molecule has 4 heteroatoms. The number of ether oxygens (including phenoxy) is 1. The minimum atomic E-state index is -3.12. The van der Waals surface area contributed by atoms with Crippen LogP contribution in [0.5, 0.6) is 5.75 Å². The van der Waals surface area contributed by atoms with Crippen molar-refractivity contribution in [3.05, 3.63) is 26.8 Å². The molecular formula is C10H11F2IO. The van der Waals surface area contributed by atoms with E-state index in [2.05, 4.69) is 27.3 Å². The fourth-order valence-corrected chi connectivity index (χ4v) is 1.48. The Hall–Kier alpha value is -0.390. The highest BCUT2D eigenvalue weighted by molar-refractivity contribution is 14.1. The first kappa shape index (κ1) is 11.7. The van der Waals surface area contributed by atoms with Gasteiger partial charge in [-0.15, -0.1) is 0 Å². The van der Waals surface area contributed by atoms with Crippen molar-refractivity contribution in [3.8, 4) is 5.75 Å². The third-order valence-corrected chi connectivity index (χ3v) is 3.41. The Labute approximate surface area is 95.6 Å². The molecule has 0 bridgehead atoms. The van der Waals surface area contributed by atoms with Crippen LogP contribution in [0.25, 0.3) is 0 Å². The molecule has 14 heavy (non-hydrogen) atoms. The topological polar surface area (TPSA) is 9.23 Å². The van der Waals surface area contributed by atoms with E-state index in [1.54, 1.807) is 12.1 Å². The zero-order valence-corrected chi connectivity index (χ0v) is 10.4. The van der Waals surface area contributed by atoms with Gasteiger partial charge < -0.3 is 4.74 Å². The number of alkyl halides is 2. The van der Waals surface area contributed by atoms with Crippen LogP contribution in [-0.4, -0.2) is 6.11 Å². The first-order valence-electron chi connectivity index (χ1n) is 4.13. The summed E-state index contributed by atoms with van der Waals surface area (Å²) in [4.78, 5) is 0. The van der Waals surface area contributed by atoms with Gasteiger partial charge in [0.2, 0.25) is 0 Å². The van der Waals surface area contributed by atoms with Gasteiger partial charge in [-0.1, -0.05) is 0 Å². The van der Waals surface area contributed by atoms with Crippen LogP contribution < -0.4 is 4.74 Å². The van der Waals surface area contributed by atoms with Gasteiger partial charge in [-0.2, -0.15) is 8.78 Å².